The Labute approximate surface area is 115 Å². The smallest absolute Gasteiger partial charge is 0.0501 e. The molecule has 0 fully saturated rings. The molecule has 0 bridgehead atoms. The normalized spacial score (nSPS) is 18.1. The Hall–Kier alpha value is -1.60. The van der Waals surface area contributed by atoms with Crippen LogP contribution in [-0.4, -0.2) is 6.54 Å². The Bertz CT molecular complexity index is 559. The van der Waals surface area contributed by atoms with Gasteiger partial charge in [-0.05, 0) is 42.9 Å². The third kappa shape index (κ3) is 2.87. The third-order valence-corrected chi connectivity index (χ3v) is 3.93. The van der Waals surface area contributed by atoms with E-state index < -0.39 is 0 Å². The molecule has 1 nitrogen and oxygen atoms in total. The Kier molecular flexibility index (Phi) is 3.65. The molecule has 1 unspecified atom stereocenters. The average molecular weight is 250 g/mol. The molecular weight excluding hydrogens is 230 g/mol. The van der Waals surface area contributed by atoms with Crippen molar-refractivity contribution in [3.8, 4) is 0 Å². The van der Waals surface area contributed by atoms with Crippen molar-refractivity contribution in [2.24, 2.45) is 0 Å². The van der Waals surface area contributed by atoms with Gasteiger partial charge in [-0.1, -0.05) is 54.1 Å². The Morgan fingerprint density at radius 1 is 1.11 bits per heavy atom. The molecule has 0 saturated heterocycles. The van der Waals surface area contributed by atoms with E-state index in [0.29, 0.717) is 6.04 Å². The van der Waals surface area contributed by atoms with Gasteiger partial charge in [0, 0.05) is 6.54 Å². The highest BCUT2D eigenvalue weighted by molar-refractivity contribution is 5.32. The molecule has 3 rings (SSSR count). The number of rotatable bonds is 3. The summed E-state index contributed by atoms with van der Waals surface area (Å²) in [5.74, 6) is 0. The van der Waals surface area contributed by atoms with Gasteiger partial charge in [-0.25, -0.2) is 5.32 Å². The molecule has 0 spiro atoms. The van der Waals surface area contributed by atoms with E-state index in [1.165, 1.54) is 22.3 Å². The summed E-state index contributed by atoms with van der Waals surface area (Å²) in [5, 5.41) is 4.81. The van der Waals surface area contributed by atoms with Crippen molar-refractivity contribution in [2.45, 2.75) is 32.2 Å². The van der Waals surface area contributed by atoms with Gasteiger partial charge >= 0.3 is 0 Å². The minimum absolute atomic E-state index is 0.394. The maximum Gasteiger partial charge on any atom is 0.0501 e. The molecule has 1 aliphatic heterocycles. The second-order valence-corrected chi connectivity index (χ2v) is 5.40. The lowest BCUT2D eigenvalue weighted by molar-refractivity contribution is 0.465. The van der Waals surface area contributed by atoms with Gasteiger partial charge < -0.3 is 0 Å². The van der Waals surface area contributed by atoms with Gasteiger partial charge in [0.05, 0.1) is 6.04 Å². The molecule has 0 aliphatic carbocycles. The van der Waals surface area contributed by atoms with Gasteiger partial charge in [0.25, 0.3) is 0 Å². The number of aryl methyl sites for hydroxylation is 2. The predicted octanol–water partition coefficient (Wildman–Crippen LogP) is 3.83. The largest absolute Gasteiger partial charge is 0.233 e. The quantitative estimate of drug-likeness (QED) is 0.786. The fraction of sp³-hybridized carbons (Fsp3) is 0.333. The molecule has 19 heavy (non-hydrogen) atoms. The van der Waals surface area contributed by atoms with Crippen LogP contribution in [0.2, 0.25) is 0 Å². The van der Waals surface area contributed by atoms with Gasteiger partial charge in [-0.3, -0.25) is 0 Å². The number of fused-ring (bicyclic) bond motifs is 1. The fourth-order valence-electron chi connectivity index (χ4n) is 2.94. The van der Waals surface area contributed by atoms with E-state index in [0.717, 1.165) is 25.8 Å². The first-order valence-corrected chi connectivity index (χ1v) is 7.13. The number of hydrogen-bond acceptors (Lipinski definition) is 0. The molecule has 0 saturated carbocycles. The average Bonchev–Trinajstić information content (AvgIpc) is 2.45. The van der Waals surface area contributed by atoms with Crippen LogP contribution in [0.4, 0.5) is 0 Å². The minimum atomic E-state index is 0.394. The Morgan fingerprint density at radius 2 is 2.00 bits per heavy atom. The van der Waals surface area contributed by atoms with Gasteiger partial charge in [0.1, 0.15) is 0 Å². The first-order valence-electron chi connectivity index (χ1n) is 7.13. The molecule has 1 aliphatic rings. The zero-order chi connectivity index (χ0) is 13.1. The first-order chi connectivity index (χ1) is 9.33. The standard InChI is InChI=1S/C18H20N/c1-14-5-4-6-15(13-14)9-10-18-17-8-3-2-7-16(17)11-12-19-18/h2-8,13,18H,9-12H2,1H3. The van der Waals surface area contributed by atoms with Crippen LogP contribution in [0.25, 0.3) is 0 Å². The lowest BCUT2D eigenvalue weighted by atomic mass is 9.90. The molecule has 1 heterocycles. The summed E-state index contributed by atoms with van der Waals surface area (Å²) < 4.78 is 0. The highest BCUT2D eigenvalue weighted by Crippen LogP contribution is 2.27. The highest BCUT2D eigenvalue weighted by Gasteiger charge is 2.19. The van der Waals surface area contributed by atoms with Crippen LogP contribution in [0.5, 0.6) is 0 Å². The SMILES string of the molecule is Cc1cccc(CCC2[N]CCc3ccccc32)c1. The summed E-state index contributed by atoms with van der Waals surface area (Å²) in [7, 11) is 0. The third-order valence-electron chi connectivity index (χ3n) is 3.93. The van der Waals surface area contributed by atoms with Crippen molar-refractivity contribution in [3.05, 3.63) is 70.8 Å². The summed E-state index contributed by atoms with van der Waals surface area (Å²) in [5.41, 5.74) is 5.71. The summed E-state index contributed by atoms with van der Waals surface area (Å²) in [6.07, 6.45) is 3.35. The topological polar surface area (TPSA) is 14.1 Å². The fourth-order valence-corrected chi connectivity index (χ4v) is 2.94. The van der Waals surface area contributed by atoms with Crippen LogP contribution in [0, 0.1) is 6.92 Å². The zero-order valence-electron chi connectivity index (χ0n) is 11.5. The second kappa shape index (κ2) is 5.58. The molecule has 2 aromatic carbocycles. The van der Waals surface area contributed by atoms with Crippen LogP contribution in [0.3, 0.4) is 0 Å². The van der Waals surface area contributed by atoms with E-state index in [2.05, 4.69) is 55.5 Å². The van der Waals surface area contributed by atoms with Gasteiger partial charge in [0.2, 0.25) is 0 Å². The van der Waals surface area contributed by atoms with Crippen molar-refractivity contribution in [1.29, 1.82) is 0 Å². The molecule has 2 aromatic rings. The first kappa shape index (κ1) is 12.4. The lowest BCUT2D eigenvalue weighted by Crippen LogP contribution is -2.24. The van der Waals surface area contributed by atoms with Gasteiger partial charge in [-0.15, -0.1) is 0 Å². The number of nitrogens with zero attached hydrogens (tertiary/aromatic N) is 1. The van der Waals surface area contributed by atoms with E-state index in [1.54, 1.807) is 0 Å². The van der Waals surface area contributed by atoms with E-state index in [-0.39, 0.29) is 0 Å². The number of benzene rings is 2. The summed E-state index contributed by atoms with van der Waals surface area (Å²) in [6.45, 7) is 3.14. The number of hydrogen-bond donors (Lipinski definition) is 0. The van der Waals surface area contributed by atoms with Crippen molar-refractivity contribution < 1.29 is 0 Å². The lowest BCUT2D eigenvalue weighted by Gasteiger charge is -2.25. The molecular formula is C18H20N. The zero-order valence-corrected chi connectivity index (χ0v) is 11.5. The second-order valence-electron chi connectivity index (χ2n) is 5.40. The van der Waals surface area contributed by atoms with Crippen molar-refractivity contribution in [2.75, 3.05) is 6.54 Å². The van der Waals surface area contributed by atoms with Crippen molar-refractivity contribution in [1.82, 2.24) is 5.32 Å². The molecule has 1 heteroatoms. The van der Waals surface area contributed by atoms with E-state index in [4.69, 9.17) is 5.32 Å². The highest BCUT2D eigenvalue weighted by atomic mass is 14.9. The summed E-state index contributed by atoms with van der Waals surface area (Å²) in [6, 6.07) is 18.0. The molecule has 0 N–H and O–H groups in total. The van der Waals surface area contributed by atoms with Crippen molar-refractivity contribution in [3.63, 3.8) is 0 Å². The van der Waals surface area contributed by atoms with E-state index in [1.807, 2.05) is 0 Å². The minimum Gasteiger partial charge on any atom is -0.233 e. The summed E-state index contributed by atoms with van der Waals surface area (Å²) >= 11 is 0. The molecule has 97 valence electrons. The van der Waals surface area contributed by atoms with Crippen LogP contribution in [-0.2, 0) is 12.8 Å². The van der Waals surface area contributed by atoms with Gasteiger partial charge in [-0.2, -0.15) is 0 Å². The molecule has 1 atom stereocenters. The maximum atomic E-state index is 4.81. The van der Waals surface area contributed by atoms with Crippen LogP contribution in [0.15, 0.2) is 48.5 Å². The van der Waals surface area contributed by atoms with Crippen LogP contribution < -0.4 is 5.32 Å². The van der Waals surface area contributed by atoms with E-state index >= 15 is 0 Å². The summed E-state index contributed by atoms with van der Waals surface area (Å²) in [4.78, 5) is 0. The van der Waals surface area contributed by atoms with E-state index in [9.17, 15) is 0 Å². The Balaban J connectivity index is 1.71. The molecule has 0 aromatic heterocycles. The van der Waals surface area contributed by atoms with Crippen LogP contribution in [0.1, 0.15) is 34.7 Å². The van der Waals surface area contributed by atoms with Gasteiger partial charge in [0.15, 0.2) is 0 Å². The Morgan fingerprint density at radius 3 is 2.89 bits per heavy atom. The monoisotopic (exact) mass is 250 g/mol. The predicted molar refractivity (Wildman–Crippen MR) is 79.4 cm³/mol. The van der Waals surface area contributed by atoms with Crippen molar-refractivity contribution >= 4 is 0 Å². The van der Waals surface area contributed by atoms with Crippen LogP contribution >= 0.6 is 0 Å². The molecule has 1 radical (unpaired) electrons. The maximum absolute atomic E-state index is 4.81. The molecule has 0 amide bonds.